The normalized spacial score (nSPS) is 16.1. The van der Waals surface area contributed by atoms with Crippen molar-refractivity contribution in [2.24, 2.45) is 0 Å². The first-order valence-electron chi connectivity index (χ1n) is 8.34. The largest absolute Gasteiger partial charge is 0.337 e. The van der Waals surface area contributed by atoms with Gasteiger partial charge in [-0.05, 0) is 40.6 Å². The Hall–Kier alpha value is -2.02. The fourth-order valence-electron chi connectivity index (χ4n) is 2.95. The first kappa shape index (κ1) is 16.4. The summed E-state index contributed by atoms with van der Waals surface area (Å²) in [5.41, 5.74) is 2.17. The molecule has 0 unspecified atom stereocenters. The van der Waals surface area contributed by atoms with Crippen LogP contribution in [0.15, 0.2) is 47.2 Å². The van der Waals surface area contributed by atoms with E-state index in [-0.39, 0.29) is 5.91 Å². The molecule has 2 aromatic heterocycles. The summed E-state index contributed by atoms with van der Waals surface area (Å²) >= 11 is 3.40. The van der Waals surface area contributed by atoms with E-state index in [0.29, 0.717) is 0 Å². The molecule has 128 valence electrons. The van der Waals surface area contributed by atoms with Gasteiger partial charge in [0, 0.05) is 32.3 Å². The maximum absolute atomic E-state index is 12.3. The minimum Gasteiger partial charge on any atom is -0.337 e. The molecule has 0 bridgehead atoms. The minimum atomic E-state index is 0.103. The Morgan fingerprint density at radius 3 is 2.76 bits per heavy atom. The van der Waals surface area contributed by atoms with Crippen molar-refractivity contribution in [1.82, 2.24) is 14.8 Å². The first-order valence-corrected chi connectivity index (χ1v) is 10.1. The highest BCUT2D eigenvalue weighted by atomic mass is 32.1. The molecule has 0 spiro atoms. The Morgan fingerprint density at radius 1 is 1.16 bits per heavy atom. The minimum absolute atomic E-state index is 0.103. The Morgan fingerprint density at radius 2 is 2.00 bits per heavy atom. The smallest absolute Gasteiger partial charge is 0.246 e. The van der Waals surface area contributed by atoms with Gasteiger partial charge >= 0.3 is 0 Å². The predicted molar refractivity (Wildman–Crippen MR) is 105 cm³/mol. The number of amides is 1. The number of piperazine rings is 1. The van der Waals surface area contributed by atoms with Crippen LogP contribution in [0.2, 0.25) is 0 Å². The zero-order valence-electron chi connectivity index (χ0n) is 13.8. The lowest BCUT2D eigenvalue weighted by Crippen LogP contribution is -2.47. The lowest BCUT2D eigenvalue weighted by atomic mass is 10.2. The molecule has 0 radical (unpaired) electrons. The van der Waals surface area contributed by atoms with E-state index < -0.39 is 0 Å². The van der Waals surface area contributed by atoms with Crippen LogP contribution in [0.3, 0.4) is 0 Å². The second-order valence-corrected chi connectivity index (χ2v) is 7.96. The summed E-state index contributed by atoms with van der Waals surface area (Å²) in [6.45, 7) is 4.21. The van der Waals surface area contributed by atoms with Crippen molar-refractivity contribution in [3.8, 4) is 0 Å². The van der Waals surface area contributed by atoms with Crippen molar-refractivity contribution in [1.29, 1.82) is 0 Å². The summed E-state index contributed by atoms with van der Waals surface area (Å²) in [5.74, 6) is 0.103. The number of thiophene rings is 1. The topological polar surface area (TPSA) is 36.4 Å². The molecule has 0 aliphatic carbocycles. The van der Waals surface area contributed by atoms with Crippen LogP contribution in [0.5, 0.6) is 0 Å². The number of hydrogen-bond acceptors (Lipinski definition) is 5. The molecule has 0 atom stereocenters. The van der Waals surface area contributed by atoms with Gasteiger partial charge in [0.15, 0.2) is 0 Å². The lowest BCUT2D eigenvalue weighted by Gasteiger charge is -2.33. The maximum atomic E-state index is 12.3. The van der Waals surface area contributed by atoms with Crippen LogP contribution < -0.4 is 0 Å². The summed E-state index contributed by atoms with van der Waals surface area (Å²) in [5, 5.41) is 5.21. The third-order valence-corrected chi connectivity index (χ3v) is 6.07. The number of thiazole rings is 1. The van der Waals surface area contributed by atoms with Gasteiger partial charge in [-0.25, -0.2) is 4.98 Å². The summed E-state index contributed by atoms with van der Waals surface area (Å²) in [6, 6.07) is 10.3. The van der Waals surface area contributed by atoms with E-state index >= 15 is 0 Å². The van der Waals surface area contributed by atoms with Crippen LogP contribution >= 0.6 is 22.7 Å². The molecule has 3 heterocycles. The van der Waals surface area contributed by atoms with Crippen LogP contribution in [0.4, 0.5) is 0 Å². The Balaban J connectivity index is 1.31. The van der Waals surface area contributed by atoms with Crippen molar-refractivity contribution in [2.75, 3.05) is 26.2 Å². The number of para-hydroxylation sites is 1. The number of aromatic nitrogens is 1. The molecule has 4 nitrogen and oxygen atoms in total. The molecular weight excluding hydrogens is 350 g/mol. The van der Waals surface area contributed by atoms with E-state index in [9.17, 15) is 4.79 Å². The van der Waals surface area contributed by atoms with Crippen molar-refractivity contribution in [3.05, 3.63) is 57.7 Å². The van der Waals surface area contributed by atoms with E-state index in [1.165, 1.54) is 4.70 Å². The fourth-order valence-corrected chi connectivity index (χ4v) is 4.59. The second kappa shape index (κ2) is 7.47. The molecule has 1 saturated heterocycles. The molecule has 0 saturated carbocycles. The molecular formula is C19H19N3OS2. The van der Waals surface area contributed by atoms with Gasteiger partial charge in [-0.1, -0.05) is 12.1 Å². The van der Waals surface area contributed by atoms with E-state index in [0.717, 1.165) is 48.8 Å². The van der Waals surface area contributed by atoms with Gasteiger partial charge in [0.05, 0.1) is 16.8 Å². The number of hydrogen-bond donors (Lipinski definition) is 0. The van der Waals surface area contributed by atoms with Gasteiger partial charge in [-0.3, -0.25) is 9.69 Å². The van der Waals surface area contributed by atoms with Gasteiger partial charge in [-0.2, -0.15) is 11.3 Å². The summed E-state index contributed by atoms with van der Waals surface area (Å²) < 4.78 is 1.24. The molecule has 25 heavy (non-hydrogen) atoms. The summed E-state index contributed by atoms with van der Waals surface area (Å²) in [4.78, 5) is 21.3. The van der Waals surface area contributed by atoms with Gasteiger partial charge < -0.3 is 4.90 Å². The van der Waals surface area contributed by atoms with Gasteiger partial charge in [0.25, 0.3) is 0 Å². The van der Waals surface area contributed by atoms with Gasteiger partial charge in [0.1, 0.15) is 5.01 Å². The monoisotopic (exact) mass is 369 g/mol. The molecule has 0 N–H and O–H groups in total. The number of carbonyl (C=O) groups excluding carboxylic acids is 1. The molecule has 1 fully saturated rings. The molecule has 1 aromatic carbocycles. The lowest BCUT2D eigenvalue weighted by molar-refractivity contribution is -0.127. The van der Waals surface area contributed by atoms with E-state index in [2.05, 4.69) is 23.1 Å². The van der Waals surface area contributed by atoms with Crippen molar-refractivity contribution < 1.29 is 4.79 Å². The van der Waals surface area contributed by atoms with E-state index in [4.69, 9.17) is 4.98 Å². The zero-order chi connectivity index (χ0) is 17.1. The zero-order valence-corrected chi connectivity index (χ0v) is 15.4. The van der Waals surface area contributed by atoms with E-state index in [1.54, 1.807) is 28.7 Å². The van der Waals surface area contributed by atoms with Crippen molar-refractivity contribution >= 4 is 44.9 Å². The molecule has 1 amide bonds. The Bertz CT molecular complexity index is 844. The molecule has 6 heteroatoms. The SMILES string of the molecule is O=C(/C=C\c1ccsc1)N1CCN(Cc2nc3ccccc3s2)CC1. The molecule has 1 aliphatic heterocycles. The predicted octanol–water partition coefficient (Wildman–Crippen LogP) is 3.72. The standard InChI is InChI=1S/C19H19N3OS2/c23-19(6-5-15-7-12-24-14-15)22-10-8-21(9-11-22)13-18-20-16-3-1-2-4-17(16)25-18/h1-7,12,14H,8-11,13H2/b6-5-. The van der Waals surface area contributed by atoms with Crippen LogP contribution in [-0.4, -0.2) is 46.9 Å². The quantitative estimate of drug-likeness (QED) is 0.658. The van der Waals surface area contributed by atoms with Crippen LogP contribution in [0.1, 0.15) is 10.6 Å². The number of fused-ring (bicyclic) bond motifs is 1. The highest BCUT2D eigenvalue weighted by Gasteiger charge is 2.20. The first-order chi connectivity index (χ1) is 12.3. The van der Waals surface area contributed by atoms with Crippen LogP contribution in [-0.2, 0) is 11.3 Å². The molecule has 1 aliphatic rings. The maximum Gasteiger partial charge on any atom is 0.246 e. The average Bonchev–Trinajstić information content (AvgIpc) is 3.29. The average molecular weight is 370 g/mol. The Labute approximate surface area is 155 Å². The summed E-state index contributed by atoms with van der Waals surface area (Å²) in [7, 11) is 0. The fraction of sp³-hybridized carbons (Fsp3) is 0.263. The van der Waals surface area contributed by atoms with Gasteiger partial charge in [0.2, 0.25) is 5.91 Å². The third kappa shape index (κ3) is 3.98. The van der Waals surface area contributed by atoms with Crippen molar-refractivity contribution in [3.63, 3.8) is 0 Å². The number of rotatable bonds is 4. The number of nitrogens with zero attached hydrogens (tertiary/aromatic N) is 3. The van der Waals surface area contributed by atoms with Crippen molar-refractivity contribution in [2.45, 2.75) is 6.54 Å². The van der Waals surface area contributed by atoms with E-state index in [1.807, 2.05) is 33.9 Å². The highest BCUT2D eigenvalue weighted by Crippen LogP contribution is 2.23. The molecule has 3 aromatic rings. The second-order valence-electron chi connectivity index (χ2n) is 6.07. The number of carbonyl (C=O) groups is 1. The number of benzene rings is 1. The molecule has 4 rings (SSSR count). The van der Waals surface area contributed by atoms with Crippen LogP contribution in [0.25, 0.3) is 16.3 Å². The Kier molecular flexibility index (Phi) is 4.92. The highest BCUT2D eigenvalue weighted by molar-refractivity contribution is 7.18. The van der Waals surface area contributed by atoms with Crippen LogP contribution in [0, 0.1) is 0 Å². The van der Waals surface area contributed by atoms with Gasteiger partial charge in [-0.15, -0.1) is 11.3 Å². The summed E-state index contributed by atoms with van der Waals surface area (Å²) in [6.07, 6.45) is 3.58. The third-order valence-electron chi connectivity index (χ3n) is 4.34.